The lowest BCUT2D eigenvalue weighted by Gasteiger charge is -2.20. The van der Waals surface area contributed by atoms with Crippen LogP contribution in [0.4, 0.5) is 4.39 Å². The maximum atomic E-state index is 13.2. The van der Waals surface area contributed by atoms with Crippen LogP contribution in [0, 0.1) is 12.7 Å². The fourth-order valence-electron chi connectivity index (χ4n) is 2.75. The number of aryl methyl sites for hydroxylation is 1. The van der Waals surface area contributed by atoms with Crippen molar-refractivity contribution in [2.24, 2.45) is 0 Å². The lowest BCUT2D eigenvalue weighted by molar-refractivity contribution is 0.0777. The summed E-state index contributed by atoms with van der Waals surface area (Å²) < 4.78 is 19.0. The van der Waals surface area contributed by atoms with Gasteiger partial charge in [0.25, 0.3) is 0 Å². The number of pyridine rings is 1. The molecule has 0 amide bonds. The first-order valence-electron chi connectivity index (χ1n) is 7.95. The maximum absolute atomic E-state index is 13.2. The van der Waals surface area contributed by atoms with Crippen molar-refractivity contribution in [2.75, 3.05) is 0 Å². The highest BCUT2D eigenvalue weighted by atomic mass is 35.5. The number of hydrogen-bond acceptors (Lipinski definition) is 3. The lowest BCUT2D eigenvalue weighted by Crippen LogP contribution is -2.17. The topological polar surface area (TPSA) is 42.4 Å². The average molecular weight is 360 g/mol. The van der Waals surface area contributed by atoms with Gasteiger partial charge in [-0.3, -0.25) is 4.98 Å². The van der Waals surface area contributed by atoms with Gasteiger partial charge in [0.15, 0.2) is 0 Å². The summed E-state index contributed by atoms with van der Waals surface area (Å²) in [5, 5.41) is 11.2. The number of fused-ring (bicyclic) bond motifs is 1. The zero-order chi connectivity index (χ0) is 18.2. The van der Waals surface area contributed by atoms with Gasteiger partial charge in [-0.2, -0.15) is 0 Å². The molecule has 3 nitrogen and oxygen atoms in total. The Labute approximate surface area is 151 Å². The van der Waals surface area contributed by atoms with Crippen molar-refractivity contribution >= 4 is 22.5 Å². The summed E-state index contributed by atoms with van der Waals surface area (Å²) in [4.78, 5) is 4.57. The summed E-state index contributed by atoms with van der Waals surface area (Å²) in [6.45, 7) is 5.65. The molecule has 130 valence electrons. The number of halogens is 2. The van der Waals surface area contributed by atoms with E-state index in [1.54, 1.807) is 26.0 Å². The molecule has 1 aromatic heterocycles. The maximum Gasteiger partial charge on any atom is 0.141 e. The van der Waals surface area contributed by atoms with Gasteiger partial charge in [-0.25, -0.2) is 4.39 Å². The lowest BCUT2D eigenvalue weighted by atomic mass is 9.95. The molecule has 0 spiro atoms. The Hall–Kier alpha value is -2.17. The minimum absolute atomic E-state index is 0.0797. The number of aromatic nitrogens is 1. The molecule has 0 saturated heterocycles. The van der Waals surface area contributed by atoms with Crippen LogP contribution in [0.2, 0.25) is 5.02 Å². The van der Waals surface area contributed by atoms with E-state index in [2.05, 4.69) is 4.98 Å². The Bertz CT molecular complexity index is 935. The van der Waals surface area contributed by atoms with Crippen LogP contribution in [0.5, 0.6) is 5.75 Å². The quantitative estimate of drug-likeness (QED) is 0.701. The average Bonchev–Trinajstić information content (AvgIpc) is 2.54. The second kappa shape index (κ2) is 6.62. The van der Waals surface area contributed by atoms with E-state index in [1.165, 1.54) is 6.07 Å². The van der Waals surface area contributed by atoms with E-state index in [0.717, 1.165) is 27.7 Å². The molecule has 0 radical (unpaired) electrons. The summed E-state index contributed by atoms with van der Waals surface area (Å²) in [7, 11) is 0. The van der Waals surface area contributed by atoms with Gasteiger partial charge in [0.05, 0.1) is 16.1 Å². The smallest absolute Gasteiger partial charge is 0.141 e. The Morgan fingerprint density at radius 1 is 1.16 bits per heavy atom. The van der Waals surface area contributed by atoms with E-state index < -0.39 is 11.4 Å². The number of aliphatic hydroxyl groups is 1. The highest BCUT2D eigenvalue weighted by Crippen LogP contribution is 2.28. The summed E-state index contributed by atoms with van der Waals surface area (Å²) in [6.07, 6.45) is 0. The molecule has 2 aromatic carbocycles. The highest BCUT2D eigenvalue weighted by molar-refractivity contribution is 6.30. The standard InChI is InChI=1S/C20H19ClFNO2/c1-12-16(20(2,3)24)9-14-5-6-15(10-19(14)23-12)25-11-13-4-7-18(22)17(21)8-13/h4-10,24H,11H2,1-3H3. The third kappa shape index (κ3) is 3.91. The van der Waals surface area contributed by atoms with Crippen molar-refractivity contribution in [3.05, 3.63) is 70.1 Å². The number of rotatable bonds is 4. The van der Waals surface area contributed by atoms with Crippen molar-refractivity contribution in [3.63, 3.8) is 0 Å². The van der Waals surface area contributed by atoms with Gasteiger partial charge in [-0.15, -0.1) is 0 Å². The Morgan fingerprint density at radius 3 is 2.60 bits per heavy atom. The molecule has 0 saturated carbocycles. The molecule has 3 rings (SSSR count). The Balaban J connectivity index is 1.84. The highest BCUT2D eigenvalue weighted by Gasteiger charge is 2.20. The zero-order valence-corrected chi connectivity index (χ0v) is 15.1. The second-order valence-electron chi connectivity index (χ2n) is 6.57. The number of hydrogen-bond donors (Lipinski definition) is 1. The van der Waals surface area contributed by atoms with Crippen molar-refractivity contribution < 1.29 is 14.2 Å². The third-order valence-corrected chi connectivity index (χ3v) is 4.32. The first kappa shape index (κ1) is 17.6. The number of nitrogens with zero attached hydrogens (tertiary/aromatic N) is 1. The molecule has 5 heteroatoms. The van der Waals surface area contributed by atoms with Crippen LogP contribution in [0.15, 0.2) is 42.5 Å². The van der Waals surface area contributed by atoms with E-state index in [9.17, 15) is 9.50 Å². The van der Waals surface area contributed by atoms with E-state index in [1.807, 2.05) is 31.2 Å². The van der Waals surface area contributed by atoms with Crippen LogP contribution in [-0.2, 0) is 12.2 Å². The summed E-state index contributed by atoms with van der Waals surface area (Å²) in [5.74, 6) is 0.217. The van der Waals surface area contributed by atoms with E-state index in [0.29, 0.717) is 5.75 Å². The fraction of sp³-hybridized carbons (Fsp3) is 0.250. The van der Waals surface area contributed by atoms with Gasteiger partial charge in [0.1, 0.15) is 18.2 Å². The molecule has 0 bridgehead atoms. The van der Waals surface area contributed by atoms with Crippen molar-refractivity contribution in [1.82, 2.24) is 4.98 Å². The van der Waals surface area contributed by atoms with Crippen LogP contribution in [0.1, 0.15) is 30.7 Å². The molecule has 0 aliphatic carbocycles. The van der Waals surface area contributed by atoms with E-state index >= 15 is 0 Å². The van der Waals surface area contributed by atoms with Crippen molar-refractivity contribution in [2.45, 2.75) is 33.0 Å². The molecule has 1 N–H and O–H groups in total. The van der Waals surface area contributed by atoms with E-state index in [-0.39, 0.29) is 11.6 Å². The predicted octanol–water partition coefficient (Wildman–Crippen LogP) is 5.14. The molecule has 1 heterocycles. The monoisotopic (exact) mass is 359 g/mol. The van der Waals surface area contributed by atoms with Gasteiger partial charge < -0.3 is 9.84 Å². The second-order valence-corrected chi connectivity index (χ2v) is 6.98. The molecular weight excluding hydrogens is 341 g/mol. The SMILES string of the molecule is Cc1nc2cc(OCc3ccc(F)c(Cl)c3)ccc2cc1C(C)(C)O. The van der Waals surface area contributed by atoms with Gasteiger partial charge >= 0.3 is 0 Å². The summed E-state index contributed by atoms with van der Waals surface area (Å²) >= 11 is 5.78. The predicted molar refractivity (Wildman–Crippen MR) is 97.5 cm³/mol. The van der Waals surface area contributed by atoms with Gasteiger partial charge in [0, 0.05) is 22.7 Å². The largest absolute Gasteiger partial charge is 0.489 e. The fourth-order valence-corrected chi connectivity index (χ4v) is 2.95. The van der Waals surface area contributed by atoms with Crippen LogP contribution < -0.4 is 4.74 Å². The van der Waals surface area contributed by atoms with Gasteiger partial charge in [0.2, 0.25) is 0 Å². The van der Waals surface area contributed by atoms with E-state index in [4.69, 9.17) is 16.3 Å². The molecule has 0 aliphatic rings. The molecule has 25 heavy (non-hydrogen) atoms. The molecule has 0 atom stereocenters. The van der Waals surface area contributed by atoms with Crippen molar-refractivity contribution in [1.29, 1.82) is 0 Å². The van der Waals surface area contributed by atoms with Crippen LogP contribution in [-0.4, -0.2) is 10.1 Å². The summed E-state index contributed by atoms with van der Waals surface area (Å²) in [6, 6.07) is 12.1. The third-order valence-electron chi connectivity index (χ3n) is 4.03. The molecule has 3 aromatic rings. The minimum atomic E-state index is -0.942. The van der Waals surface area contributed by atoms with Gasteiger partial charge in [-0.05, 0) is 56.7 Å². The molecule has 0 aliphatic heterocycles. The normalized spacial score (nSPS) is 11.8. The first-order chi connectivity index (χ1) is 11.7. The molecule has 0 unspecified atom stereocenters. The van der Waals surface area contributed by atoms with Crippen molar-refractivity contribution in [3.8, 4) is 5.75 Å². The molecule has 0 fully saturated rings. The number of benzene rings is 2. The van der Waals surface area contributed by atoms with Gasteiger partial charge in [-0.1, -0.05) is 17.7 Å². The Morgan fingerprint density at radius 2 is 1.92 bits per heavy atom. The Kier molecular flexibility index (Phi) is 4.67. The van der Waals surface area contributed by atoms with Crippen LogP contribution >= 0.6 is 11.6 Å². The van der Waals surface area contributed by atoms with Crippen LogP contribution in [0.25, 0.3) is 10.9 Å². The zero-order valence-electron chi connectivity index (χ0n) is 14.3. The number of ether oxygens (including phenoxy) is 1. The first-order valence-corrected chi connectivity index (χ1v) is 8.33. The summed E-state index contributed by atoms with van der Waals surface area (Å²) in [5.41, 5.74) is 2.22. The van der Waals surface area contributed by atoms with Crippen LogP contribution in [0.3, 0.4) is 0 Å². The molecular formula is C20H19ClFNO2. The minimum Gasteiger partial charge on any atom is -0.489 e.